The fraction of sp³-hybridized carbons (Fsp3) is 0.250. The Labute approximate surface area is 222 Å². The van der Waals surface area contributed by atoms with E-state index in [4.69, 9.17) is 0 Å². The van der Waals surface area contributed by atoms with Crippen LogP contribution in [0, 0.1) is 17.1 Å². The fourth-order valence-electron chi connectivity index (χ4n) is 4.58. The first-order chi connectivity index (χ1) is 18.4. The van der Waals surface area contributed by atoms with E-state index in [9.17, 15) is 26.9 Å². The van der Waals surface area contributed by atoms with E-state index in [1.165, 1.54) is 25.3 Å². The summed E-state index contributed by atoms with van der Waals surface area (Å²) in [6, 6.07) is 11.6. The van der Waals surface area contributed by atoms with Crippen molar-refractivity contribution in [3.63, 3.8) is 0 Å². The van der Waals surface area contributed by atoms with Gasteiger partial charge in [0.25, 0.3) is 0 Å². The molecule has 1 aromatic carbocycles. The third-order valence-corrected chi connectivity index (χ3v) is 8.69. The Kier molecular flexibility index (Phi) is 6.34. The molecule has 0 N–H and O–H groups in total. The van der Waals surface area contributed by atoms with Crippen molar-refractivity contribution in [1.82, 2.24) is 14.5 Å². The molecule has 1 aromatic heterocycles. The topological polar surface area (TPSA) is 88.6 Å². The van der Waals surface area contributed by atoms with Gasteiger partial charge in [0.15, 0.2) is 15.7 Å². The summed E-state index contributed by atoms with van der Waals surface area (Å²) in [7, 11) is -3.95. The Morgan fingerprint density at radius 1 is 1.15 bits per heavy atom. The predicted molar refractivity (Wildman–Crippen MR) is 137 cm³/mol. The van der Waals surface area contributed by atoms with Crippen LogP contribution in [0.25, 0.3) is 33.9 Å². The van der Waals surface area contributed by atoms with Gasteiger partial charge in [0, 0.05) is 24.5 Å². The highest BCUT2D eigenvalue weighted by atomic mass is 32.2. The molecule has 0 spiro atoms. The lowest BCUT2D eigenvalue weighted by atomic mass is 9.95. The van der Waals surface area contributed by atoms with Crippen LogP contribution in [0.3, 0.4) is 0 Å². The number of aromatic nitrogens is 3. The highest BCUT2D eigenvalue weighted by Gasteiger charge is 2.44. The number of hydrogen-bond acceptors (Lipinski definition) is 5. The van der Waals surface area contributed by atoms with E-state index in [1.54, 1.807) is 12.1 Å². The quantitative estimate of drug-likeness (QED) is 0.195. The summed E-state index contributed by atoms with van der Waals surface area (Å²) in [4.78, 5) is 8.05. The number of rotatable bonds is 7. The molecule has 6 nitrogen and oxygen atoms in total. The van der Waals surface area contributed by atoms with E-state index >= 15 is 4.39 Å². The van der Waals surface area contributed by atoms with Gasteiger partial charge in [-0.25, -0.2) is 17.8 Å². The number of benzene rings is 1. The van der Waals surface area contributed by atoms with Crippen molar-refractivity contribution in [1.29, 1.82) is 5.26 Å². The van der Waals surface area contributed by atoms with Crippen LogP contribution >= 0.6 is 0 Å². The van der Waals surface area contributed by atoms with Gasteiger partial charge in [0.2, 0.25) is 0 Å². The number of alkyl halides is 3. The first-order valence-electron chi connectivity index (χ1n) is 12.1. The Morgan fingerprint density at radius 3 is 2.41 bits per heavy atom. The number of hydrogen-bond donors (Lipinski definition) is 0. The molecule has 200 valence electrons. The third kappa shape index (κ3) is 4.59. The summed E-state index contributed by atoms with van der Waals surface area (Å²) < 4.78 is 83.4. The zero-order chi connectivity index (χ0) is 28.2. The number of nitrogens with zero attached hydrogens (tertiary/aromatic N) is 4. The molecule has 0 radical (unpaired) electrons. The van der Waals surface area contributed by atoms with Gasteiger partial charge in [-0.1, -0.05) is 37.3 Å². The van der Waals surface area contributed by atoms with Crippen LogP contribution in [0.4, 0.5) is 17.6 Å². The molecule has 0 amide bonds. The zero-order valence-electron chi connectivity index (χ0n) is 20.8. The predicted octanol–water partition coefficient (Wildman–Crippen LogP) is 6.41. The van der Waals surface area contributed by atoms with Crippen LogP contribution in [-0.2, 0) is 28.0 Å². The minimum atomic E-state index is -4.70. The minimum absolute atomic E-state index is 0.127. The fourth-order valence-corrected chi connectivity index (χ4v) is 5.64. The molecule has 0 unspecified atom stereocenters. The first-order valence-corrected chi connectivity index (χ1v) is 13.7. The summed E-state index contributed by atoms with van der Waals surface area (Å²) in [5, 5.41) is 9.44. The molecule has 0 saturated heterocycles. The number of allylic oxidation sites excluding steroid dienone is 1. The second-order valence-electron chi connectivity index (χ2n) is 9.42. The van der Waals surface area contributed by atoms with E-state index in [0.29, 0.717) is 11.1 Å². The van der Waals surface area contributed by atoms with Crippen LogP contribution in [0.15, 0.2) is 66.3 Å². The van der Waals surface area contributed by atoms with Gasteiger partial charge in [-0.3, -0.25) is 4.98 Å². The molecule has 1 aliphatic carbocycles. The highest BCUT2D eigenvalue weighted by Crippen LogP contribution is 2.48. The van der Waals surface area contributed by atoms with E-state index < -0.39 is 38.5 Å². The lowest BCUT2D eigenvalue weighted by molar-refractivity contribution is -0.138. The molecule has 0 atom stereocenters. The van der Waals surface area contributed by atoms with E-state index in [0.717, 1.165) is 35.2 Å². The first kappa shape index (κ1) is 26.6. The average Bonchev–Trinajstić information content (AvgIpc) is 3.65. The van der Waals surface area contributed by atoms with Gasteiger partial charge in [-0.15, -0.1) is 6.58 Å². The van der Waals surface area contributed by atoms with Crippen LogP contribution in [0.5, 0.6) is 0 Å². The second-order valence-corrected chi connectivity index (χ2v) is 11.7. The molecule has 0 bridgehead atoms. The van der Waals surface area contributed by atoms with Crippen molar-refractivity contribution in [2.45, 2.75) is 42.8 Å². The molecule has 1 saturated carbocycles. The second kappa shape index (κ2) is 9.31. The van der Waals surface area contributed by atoms with Gasteiger partial charge in [-0.05, 0) is 36.1 Å². The monoisotopic (exact) mass is 554 g/mol. The lowest BCUT2D eigenvalue weighted by Crippen LogP contribution is -2.11. The molecule has 11 heteroatoms. The normalized spacial score (nSPS) is 14.8. The Balaban J connectivity index is 1.67. The Morgan fingerprint density at radius 2 is 1.85 bits per heavy atom. The van der Waals surface area contributed by atoms with E-state index in [-0.39, 0.29) is 34.3 Å². The highest BCUT2D eigenvalue weighted by molar-refractivity contribution is 7.91. The standard InChI is InChI=1S/C28H22F4N4O2S/c1-3-11-36-15-20(28(30,31)32)13-21-26(36)23(29)25(35-21)24-22(39(37,38)4-2)12-18(14-34-24)17-5-7-19(8-6-17)27(16-33)9-10-27/h3,5-8,12-15H,1,4,9-11H2,2H3. The van der Waals surface area contributed by atoms with Crippen LogP contribution in [-0.4, -0.2) is 28.7 Å². The maximum Gasteiger partial charge on any atom is 0.417 e. The smallest absolute Gasteiger partial charge is 0.339 e. The number of nitriles is 1. The van der Waals surface area contributed by atoms with Crippen LogP contribution < -0.4 is 0 Å². The number of fused-ring (bicyclic) bond motifs is 1. The molecule has 2 aliphatic heterocycles. The number of sulfone groups is 1. The summed E-state index contributed by atoms with van der Waals surface area (Å²) in [6.45, 7) is 4.82. The molecule has 39 heavy (non-hydrogen) atoms. The molecular weight excluding hydrogens is 532 g/mol. The van der Waals surface area contributed by atoms with Crippen LogP contribution in [0.1, 0.15) is 30.9 Å². The molecule has 3 heterocycles. The molecule has 2 aromatic rings. The molecular formula is C28H22F4N4O2S. The summed E-state index contributed by atoms with van der Waals surface area (Å²) in [6.07, 6.45) is 0.308. The van der Waals surface area contributed by atoms with Crippen molar-refractivity contribution in [2.24, 2.45) is 0 Å². The largest absolute Gasteiger partial charge is 0.417 e. The molecule has 1 fully saturated rings. The van der Waals surface area contributed by atoms with Crippen molar-refractivity contribution in [2.75, 3.05) is 5.75 Å². The van der Waals surface area contributed by atoms with Crippen molar-refractivity contribution in [3.8, 4) is 40.0 Å². The number of pyridine rings is 2. The van der Waals surface area contributed by atoms with Crippen molar-refractivity contribution < 1.29 is 26.0 Å². The average molecular weight is 555 g/mol. The van der Waals surface area contributed by atoms with Crippen molar-refractivity contribution >= 4 is 9.84 Å². The molecule has 5 rings (SSSR count). The lowest BCUT2D eigenvalue weighted by Gasteiger charge is -2.15. The van der Waals surface area contributed by atoms with Gasteiger partial charge >= 0.3 is 6.18 Å². The summed E-state index contributed by atoms with van der Waals surface area (Å²) in [5.74, 6) is -1.30. The molecule has 3 aliphatic rings. The Hall–Kier alpha value is -4.04. The maximum absolute atomic E-state index is 15.8. The summed E-state index contributed by atoms with van der Waals surface area (Å²) in [5.41, 5.74) is -0.798. The van der Waals surface area contributed by atoms with E-state index in [2.05, 4.69) is 22.6 Å². The Bertz CT molecular complexity index is 1710. The van der Waals surface area contributed by atoms with Gasteiger partial charge in [-0.2, -0.15) is 18.4 Å². The zero-order valence-corrected chi connectivity index (χ0v) is 21.6. The number of halogens is 4. The van der Waals surface area contributed by atoms with E-state index in [1.807, 2.05) is 12.1 Å². The third-order valence-electron chi connectivity index (χ3n) is 6.95. The van der Waals surface area contributed by atoms with Gasteiger partial charge < -0.3 is 4.57 Å². The maximum atomic E-state index is 15.8. The van der Waals surface area contributed by atoms with Gasteiger partial charge in [0.1, 0.15) is 17.1 Å². The van der Waals surface area contributed by atoms with Crippen molar-refractivity contribution in [3.05, 3.63) is 78.4 Å². The van der Waals surface area contributed by atoms with Gasteiger partial charge in [0.05, 0.1) is 33.4 Å². The minimum Gasteiger partial charge on any atom is -0.339 e. The van der Waals surface area contributed by atoms with Crippen LogP contribution in [0.2, 0.25) is 0 Å². The summed E-state index contributed by atoms with van der Waals surface area (Å²) >= 11 is 0. The SMILES string of the molecule is C=CCn1cc(C(F)(F)F)cc2nc(-c3ncc(-c4ccc(C5(C#N)CC5)cc4)cc3S(=O)(=O)CC)c(F)c1-2.